The number of hydrogen-bond acceptors (Lipinski definition) is 5. The minimum atomic E-state index is -0.497. The molecule has 5 aromatic rings. The van der Waals surface area contributed by atoms with E-state index in [1.165, 1.54) is 17.7 Å². The second-order valence-corrected chi connectivity index (χ2v) is 8.89. The number of benzene rings is 3. The van der Waals surface area contributed by atoms with Crippen LogP contribution in [0.4, 0.5) is 10.1 Å². The number of tetrazole rings is 1. The fourth-order valence-corrected chi connectivity index (χ4v) is 4.96. The maximum Gasteiger partial charge on any atom is 0.254 e. The van der Waals surface area contributed by atoms with Crippen LogP contribution >= 0.6 is 0 Å². The quantitative estimate of drug-likeness (QED) is 0.421. The van der Waals surface area contributed by atoms with Gasteiger partial charge in [-0.15, -0.1) is 5.10 Å². The summed E-state index contributed by atoms with van der Waals surface area (Å²) in [5, 5.41) is 13.6. The van der Waals surface area contributed by atoms with Crippen molar-refractivity contribution in [2.75, 3.05) is 11.4 Å². The summed E-state index contributed by atoms with van der Waals surface area (Å²) in [6.45, 7) is 3.08. The van der Waals surface area contributed by atoms with Crippen LogP contribution in [0.3, 0.4) is 0 Å². The number of anilines is 1. The van der Waals surface area contributed by atoms with Gasteiger partial charge in [0.05, 0.1) is 12.1 Å². The Morgan fingerprint density at radius 3 is 2.74 bits per heavy atom. The third-order valence-electron chi connectivity index (χ3n) is 6.70. The van der Waals surface area contributed by atoms with Crippen LogP contribution in [0, 0.1) is 12.7 Å². The molecule has 0 bridgehead atoms. The van der Waals surface area contributed by atoms with Crippen LogP contribution in [0.25, 0.3) is 10.9 Å². The molecule has 3 heterocycles. The molecule has 7 nitrogen and oxygen atoms in total. The van der Waals surface area contributed by atoms with Gasteiger partial charge in [-0.25, -0.2) is 9.07 Å². The van der Waals surface area contributed by atoms with Crippen LogP contribution < -0.4 is 10.5 Å². The highest BCUT2D eigenvalue weighted by molar-refractivity contribution is 5.82. The van der Waals surface area contributed by atoms with Crippen LogP contribution in [0.5, 0.6) is 0 Å². The number of rotatable bonds is 5. The van der Waals surface area contributed by atoms with E-state index in [9.17, 15) is 9.18 Å². The summed E-state index contributed by atoms with van der Waals surface area (Å²) in [7, 11) is 0. The van der Waals surface area contributed by atoms with Gasteiger partial charge in [0.2, 0.25) is 0 Å². The number of aromatic amines is 1. The highest BCUT2D eigenvalue weighted by Gasteiger charge is 2.34. The molecule has 1 N–H and O–H groups in total. The lowest BCUT2D eigenvalue weighted by Crippen LogP contribution is -2.34. The summed E-state index contributed by atoms with van der Waals surface area (Å²) in [4.78, 5) is 18.8. The van der Waals surface area contributed by atoms with Crippen molar-refractivity contribution in [2.24, 2.45) is 0 Å². The smallest absolute Gasteiger partial charge is 0.254 e. The van der Waals surface area contributed by atoms with E-state index in [4.69, 9.17) is 0 Å². The Balaban J connectivity index is 1.52. The molecule has 1 atom stereocenters. The highest BCUT2D eigenvalue weighted by Crippen LogP contribution is 2.37. The molecular weight excluding hydrogens is 443 g/mol. The number of nitrogens with one attached hydrogen (secondary N) is 1. The number of pyridine rings is 1. The molecule has 174 valence electrons. The van der Waals surface area contributed by atoms with Crippen molar-refractivity contribution in [3.8, 4) is 0 Å². The Labute approximate surface area is 200 Å². The zero-order valence-corrected chi connectivity index (χ0v) is 19.1. The lowest BCUT2D eigenvalue weighted by Gasteiger charge is -2.29. The number of aryl methyl sites for hydroxylation is 1. The van der Waals surface area contributed by atoms with E-state index in [1.807, 2.05) is 43.3 Å². The molecule has 0 spiro atoms. The van der Waals surface area contributed by atoms with E-state index in [1.54, 1.807) is 16.8 Å². The third kappa shape index (κ3) is 3.77. The molecule has 8 heteroatoms. The molecule has 0 unspecified atom stereocenters. The van der Waals surface area contributed by atoms with Crippen molar-refractivity contribution in [2.45, 2.75) is 25.9 Å². The van der Waals surface area contributed by atoms with Gasteiger partial charge < -0.3 is 9.88 Å². The number of aromatic nitrogens is 5. The molecule has 0 amide bonds. The molecule has 0 fully saturated rings. The third-order valence-corrected chi connectivity index (χ3v) is 6.70. The maximum absolute atomic E-state index is 13.5. The number of para-hydroxylation sites is 2. The van der Waals surface area contributed by atoms with E-state index < -0.39 is 6.04 Å². The number of fused-ring (bicyclic) bond motifs is 2. The van der Waals surface area contributed by atoms with Gasteiger partial charge in [0.15, 0.2) is 5.82 Å². The Hall–Kier alpha value is -4.33. The van der Waals surface area contributed by atoms with Crippen molar-refractivity contribution < 1.29 is 4.39 Å². The van der Waals surface area contributed by atoms with Crippen LogP contribution in [0.1, 0.15) is 34.1 Å². The maximum atomic E-state index is 13.5. The lowest BCUT2D eigenvalue weighted by molar-refractivity contribution is 0.576. The van der Waals surface area contributed by atoms with Gasteiger partial charge in [-0.05, 0) is 70.1 Å². The topological polar surface area (TPSA) is 79.7 Å². The summed E-state index contributed by atoms with van der Waals surface area (Å²) in [5.74, 6) is 0.263. The first kappa shape index (κ1) is 21.2. The Bertz CT molecular complexity index is 1590. The van der Waals surface area contributed by atoms with Crippen molar-refractivity contribution in [3.05, 3.63) is 117 Å². The number of halogens is 1. The summed E-state index contributed by atoms with van der Waals surface area (Å²) in [6.07, 6.45) is 0.872. The predicted molar refractivity (Wildman–Crippen MR) is 132 cm³/mol. The van der Waals surface area contributed by atoms with E-state index in [0.717, 1.165) is 40.7 Å². The molecule has 35 heavy (non-hydrogen) atoms. The fourth-order valence-electron chi connectivity index (χ4n) is 4.96. The highest BCUT2D eigenvalue weighted by atomic mass is 19.1. The van der Waals surface area contributed by atoms with Gasteiger partial charge in [0.25, 0.3) is 5.56 Å². The van der Waals surface area contributed by atoms with E-state index >= 15 is 0 Å². The standard InChI is InChI=1S/C27H23FN6O/c1-17-5-4-7-20-15-22(27(35)29-24(17)20)25(33-14-13-19-6-2-3-8-23(19)33)26-30-31-32-34(26)16-18-9-11-21(28)12-10-18/h2-12,15,25H,13-14,16H2,1H3,(H,29,35)/t25-/m1/s1. The second-order valence-electron chi connectivity index (χ2n) is 8.89. The van der Waals surface area contributed by atoms with Gasteiger partial charge in [-0.1, -0.05) is 48.5 Å². The van der Waals surface area contributed by atoms with Crippen LogP contribution in [0.15, 0.2) is 77.6 Å². The first-order valence-electron chi connectivity index (χ1n) is 11.6. The largest absolute Gasteiger partial charge is 0.357 e. The van der Waals surface area contributed by atoms with Crippen molar-refractivity contribution >= 4 is 16.6 Å². The average Bonchev–Trinajstić information content (AvgIpc) is 3.50. The SMILES string of the molecule is Cc1cccc2cc([C@H](c3nnnn3Cc3ccc(F)cc3)N3CCc4ccccc43)c(=O)[nH]c12. The van der Waals surface area contributed by atoms with E-state index in [-0.39, 0.29) is 11.4 Å². The minimum Gasteiger partial charge on any atom is -0.357 e. The van der Waals surface area contributed by atoms with Crippen LogP contribution in [0.2, 0.25) is 0 Å². The lowest BCUT2D eigenvalue weighted by atomic mass is 10.0. The zero-order chi connectivity index (χ0) is 23.9. The number of H-pyrrole nitrogens is 1. The molecule has 1 aliphatic heterocycles. The predicted octanol–water partition coefficient (Wildman–Crippen LogP) is 4.16. The van der Waals surface area contributed by atoms with Gasteiger partial charge in [-0.2, -0.15) is 0 Å². The zero-order valence-electron chi connectivity index (χ0n) is 19.1. The van der Waals surface area contributed by atoms with Gasteiger partial charge >= 0.3 is 0 Å². The summed E-state index contributed by atoms with van der Waals surface area (Å²) in [6, 6.07) is 21.9. The molecule has 3 aromatic carbocycles. The average molecular weight is 467 g/mol. The Kier molecular flexibility index (Phi) is 5.13. The van der Waals surface area contributed by atoms with Crippen LogP contribution in [-0.4, -0.2) is 31.7 Å². The Morgan fingerprint density at radius 2 is 1.89 bits per heavy atom. The van der Waals surface area contributed by atoms with Gasteiger partial charge in [-0.3, -0.25) is 4.79 Å². The minimum absolute atomic E-state index is 0.169. The normalized spacial score (nSPS) is 13.8. The summed E-state index contributed by atoms with van der Waals surface area (Å²) in [5.41, 5.74) is 5.40. The molecule has 6 rings (SSSR count). The first-order chi connectivity index (χ1) is 17.1. The molecule has 0 saturated carbocycles. The monoisotopic (exact) mass is 466 g/mol. The van der Waals surface area contributed by atoms with Crippen molar-refractivity contribution in [1.29, 1.82) is 0 Å². The van der Waals surface area contributed by atoms with Gasteiger partial charge in [0, 0.05) is 17.8 Å². The molecule has 2 aromatic heterocycles. The van der Waals surface area contributed by atoms with E-state index in [0.29, 0.717) is 17.9 Å². The second kappa shape index (κ2) is 8.47. The van der Waals surface area contributed by atoms with E-state index in [2.05, 4.69) is 37.5 Å². The summed E-state index contributed by atoms with van der Waals surface area (Å²) < 4.78 is 15.1. The number of nitrogens with zero attached hydrogens (tertiary/aromatic N) is 5. The van der Waals surface area contributed by atoms with Crippen LogP contribution in [-0.2, 0) is 13.0 Å². The first-order valence-corrected chi connectivity index (χ1v) is 11.6. The molecule has 0 saturated heterocycles. The Morgan fingerprint density at radius 1 is 1.06 bits per heavy atom. The van der Waals surface area contributed by atoms with Crippen molar-refractivity contribution in [1.82, 2.24) is 25.2 Å². The molecular formula is C27H23FN6O. The fraction of sp³-hybridized carbons (Fsp3) is 0.185. The molecule has 0 radical (unpaired) electrons. The number of hydrogen-bond donors (Lipinski definition) is 1. The van der Waals surface area contributed by atoms with Crippen molar-refractivity contribution in [3.63, 3.8) is 0 Å². The molecule has 1 aliphatic rings. The van der Waals surface area contributed by atoms with Gasteiger partial charge in [0.1, 0.15) is 11.9 Å². The summed E-state index contributed by atoms with van der Waals surface area (Å²) >= 11 is 0. The molecule has 0 aliphatic carbocycles.